The summed E-state index contributed by atoms with van der Waals surface area (Å²) in [5, 5.41) is 0. The van der Waals surface area contributed by atoms with Gasteiger partial charge < -0.3 is 10.5 Å². The van der Waals surface area contributed by atoms with E-state index in [1.165, 1.54) is 0 Å². The molecule has 96 valence electrons. The van der Waals surface area contributed by atoms with Crippen LogP contribution in [-0.2, 0) is 10.3 Å². The second-order valence-corrected chi connectivity index (χ2v) is 4.60. The molecule has 0 aliphatic carbocycles. The Morgan fingerprint density at radius 2 is 1.88 bits per heavy atom. The van der Waals surface area contributed by atoms with Crippen molar-refractivity contribution in [3.05, 3.63) is 17.6 Å². The van der Waals surface area contributed by atoms with Crippen LogP contribution in [0, 0.1) is 0 Å². The Labute approximate surface area is 104 Å². The first kappa shape index (κ1) is 13.9. The number of rotatable bonds is 5. The molecule has 1 rings (SSSR count). The van der Waals surface area contributed by atoms with Crippen molar-refractivity contribution in [2.75, 3.05) is 12.8 Å². The van der Waals surface area contributed by atoms with Crippen LogP contribution in [0.15, 0.2) is 6.07 Å². The highest BCUT2D eigenvalue weighted by atomic mass is 16.5. The summed E-state index contributed by atoms with van der Waals surface area (Å²) in [6.07, 6.45) is 1.67. The highest BCUT2D eigenvalue weighted by molar-refractivity contribution is 5.32. The third kappa shape index (κ3) is 2.75. The fourth-order valence-electron chi connectivity index (χ4n) is 1.93. The molecule has 0 saturated carbocycles. The zero-order chi connectivity index (χ0) is 13.1. The predicted molar refractivity (Wildman–Crippen MR) is 69.8 cm³/mol. The van der Waals surface area contributed by atoms with Gasteiger partial charge in [-0.05, 0) is 18.8 Å². The quantitative estimate of drug-likeness (QED) is 0.855. The molecule has 17 heavy (non-hydrogen) atoms. The lowest BCUT2D eigenvalue weighted by Gasteiger charge is -2.29. The van der Waals surface area contributed by atoms with Gasteiger partial charge >= 0.3 is 0 Å². The van der Waals surface area contributed by atoms with E-state index in [9.17, 15) is 0 Å². The Bertz CT molecular complexity index is 365. The maximum Gasteiger partial charge on any atom is 0.162 e. The minimum absolute atomic E-state index is 0.335. The van der Waals surface area contributed by atoms with Crippen LogP contribution in [0.1, 0.15) is 58.0 Å². The molecule has 0 atom stereocenters. The largest absolute Gasteiger partial charge is 0.384 e. The normalized spacial score (nSPS) is 12.1. The van der Waals surface area contributed by atoms with E-state index in [-0.39, 0.29) is 0 Å². The first-order valence-electron chi connectivity index (χ1n) is 6.19. The van der Waals surface area contributed by atoms with Gasteiger partial charge in [-0.25, -0.2) is 9.97 Å². The Morgan fingerprint density at radius 3 is 2.29 bits per heavy atom. The summed E-state index contributed by atoms with van der Waals surface area (Å²) in [6, 6.07) is 1.83. The van der Waals surface area contributed by atoms with Crippen molar-refractivity contribution in [2.24, 2.45) is 0 Å². The average molecular weight is 237 g/mol. The Hall–Kier alpha value is -1.16. The average Bonchev–Trinajstić information content (AvgIpc) is 2.31. The van der Waals surface area contributed by atoms with Crippen molar-refractivity contribution in [3.8, 4) is 0 Å². The molecular formula is C13H23N3O. The maximum atomic E-state index is 5.85. The molecule has 0 aliphatic heterocycles. The van der Waals surface area contributed by atoms with E-state index in [0.29, 0.717) is 17.6 Å². The summed E-state index contributed by atoms with van der Waals surface area (Å²) in [7, 11) is 1.70. The molecule has 0 unspecified atom stereocenters. The summed E-state index contributed by atoms with van der Waals surface area (Å²) in [6.45, 7) is 8.35. The van der Waals surface area contributed by atoms with E-state index in [0.717, 1.165) is 18.5 Å². The number of anilines is 1. The van der Waals surface area contributed by atoms with E-state index < -0.39 is 5.60 Å². The summed E-state index contributed by atoms with van der Waals surface area (Å²) < 4.78 is 5.63. The molecule has 1 aromatic rings. The molecule has 1 heterocycles. The van der Waals surface area contributed by atoms with Crippen molar-refractivity contribution >= 4 is 5.82 Å². The summed E-state index contributed by atoms with van der Waals surface area (Å²) >= 11 is 0. The van der Waals surface area contributed by atoms with E-state index in [4.69, 9.17) is 10.5 Å². The van der Waals surface area contributed by atoms with Gasteiger partial charge in [0.05, 0.1) is 0 Å². The maximum absolute atomic E-state index is 5.85. The Balaban J connectivity index is 3.29. The standard InChI is InChI=1S/C13H23N3O/c1-6-13(7-2,17-5)12-15-10(9(3)4)8-11(14)16-12/h8-9H,6-7H2,1-5H3,(H2,14,15,16). The van der Waals surface area contributed by atoms with Gasteiger partial charge in [-0.3, -0.25) is 0 Å². The minimum Gasteiger partial charge on any atom is -0.384 e. The van der Waals surface area contributed by atoms with Crippen LogP contribution in [0.5, 0.6) is 0 Å². The molecule has 0 radical (unpaired) electrons. The monoisotopic (exact) mass is 237 g/mol. The third-order valence-electron chi connectivity index (χ3n) is 3.30. The highest BCUT2D eigenvalue weighted by Gasteiger charge is 2.32. The molecule has 0 fully saturated rings. The first-order chi connectivity index (χ1) is 7.99. The van der Waals surface area contributed by atoms with Crippen LogP contribution in [0.25, 0.3) is 0 Å². The number of nitrogens with two attached hydrogens (primary N) is 1. The van der Waals surface area contributed by atoms with Gasteiger partial charge in [-0.1, -0.05) is 27.7 Å². The van der Waals surface area contributed by atoms with Crippen LogP contribution in [0.3, 0.4) is 0 Å². The molecule has 0 saturated heterocycles. The molecule has 0 aromatic carbocycles. The Morgan fingerprint density at radius 1 is 1.29 bits per heavy atom. The lowest BCUT2D eigenvalue weighted by atomic mass is 9.95. The number of nitrogens with zero attached hydrogens (tertiary/aromatic N) is 2. The third-order valence-corrected chi connectivity index (χ3v) is 3.30. The van der Waals surface area contributed by atoms with E-state index in [1.807, 2.05) is 6.07 Å². The molecule has 1 aromatic heterocycles. The lowest BCUT2D eigenvalue weighted by molar-refractivity contribution is -0.0292. The number of ether oxygens (including phenoxy) is 1. The molecule has 4 nitrogen and oxygen atoms in total. The predicted octanol–water partition coefficient (Wildman–Crippen LogP) is 2.84. The van der Waals surface area contributed by atoms with Crippen molar-refractivity contribution in [1.29, 1.82) is 0 Å². The Kier molecular flexibility index (Phi) is 4.46. The zero-order valence-electron chi connectivity index (χ0n) is 11.4. The van der Waals surface area contributed by atoms with Crippen molar-refractivity contribution in [2.45, 2.75) is 52.1 Å². The van der Waals surface area contributed by atoms with Gasteiger partial charge in [0.25, 0.3) is 0 Å². The van der Waals surface area contributed by atoms with Gasteiger partial charge in [0.2, 0.25) is 0 Å². The number of aromatic nitrogens is 2. The molecular weight excluding hydrogens is 214 g/mol. The fourth-order valence-corrected chi connectivity index (χ4v) is 1.93. The van der Waals surface area contributed by atoms with Gasteiger partial charge in [-0.15, -0.1) is 0 Å². The van der Waals surface area contributed by atoms with Gasteiger partial charge in [0.15, 0.2) is 5.82 Å². The summed E-state index contributed by atoms with van der Waals surface area (Å²) in [4.78, 5) is 8.94. The smallest absolute Gasteiger partial charge is 0.162 e. The number of hydrogen-bond donors (Lipinski definition) is 1. The molecule has 0 bridgehead atoms. The number of methoxy groups -OCH3 is 1. The fraction of sp³-hybridized carbons (Fsp3) is 0.692. The van der Waals surface area contributed by atoms with Gasteiger partial charge in [0, 0.05) is 18.9 Å². The SMILES string of the molecule is CCC(CC)(OC)c1nc(N)cc(C(C)C)n1. The number of hydrogen-bond acceptors (Lipinski definition) is 4. The van der Waals surface area contributed by atoms with Crippen LogP contribution in [-0.4, -0.2) is 17.1 Å². The highest BCUT2D eigenvalue weighted by Crippen LogP contribution is 2.31. The van der Waals surface area contributed by atoms with E-state index in [2.05, 4.69) is 37.7 Å². The molecule has 0 spiro atoms. The molecule has 2 N–H and O–H groups in total. The second-order valence-electron chi connectivity index (χ2n) is 4.60. The van der Waals surface area contributed by atoms with Crippen molar-refractivity contribution in [3.63, 3.8) is 0 Å². The van der Waals surface area contributed by atoms with Crippen LogP contribution in [0.4, 0.5) is 5.82 Å². The molecule has 0 amide bonds. The van der Waals surface area contributed by atoms with Crippen LogP contribution < -0.4 is 5.73 Å². The second kappa shape index (κ2) is 5.45. The number of nitrogen functional groups attached to an aromatic ring is 1. The minimum atomic E-state index is -0.418. The van der Waals surface area contributed by atoms with Crippen LogP contribution >= 0.6 is 0 Å². The lowest BCUT2D eigenvalue weighted by Crippen LogP contribution is -2.30. The van der Waals surface area contributed by atoms with E-state index in [1.54, 1.807) is 7.11 Å². The van der Waals surface area contributed by atoms with Gasteiger partial charge in [-0.2, -0.15) is 0 Å². The topological polar surface area (TPSA) is 61.0 Å². The summed E-state index contributed by atoms with van der Waals surface area (Å²) in [5.74, 6) is 1.55. The zero-order valence-corrected chi connectivity index (χ0v) is 11.4. The van der Waals surface area contributed by atoms with Gasteiger partial charge in [0.1, 0.15) is 11.4 Å². The van der Waals surface area contributed by atoms with Crippen LogP contribution in [0.2, 0.25) is 0 Å². The molecule has 0 aliphatic rings. The van der Waals surface area contributed by atoms with Crippen molar-refractivity contribution < 1.29 is 4.74 Å². The van der Waals surface area contributed by atoms with Crippen molar-refractivity contribution in [1.82, 2.24) is 9.97 Å². The summed E-state index contributed by atoms with van der Waals surface area (Å²) in [5.41, 5.74) is 6.40. The van der Waals surface area contributed by atoms with E-state index >= 15 is 0 Å². The molecule has 4 heteroatoms. The first-order valence-corrected chi connectivity index (χ1v) is 6.19.